The van der Waals surface area contributed by atoms with Crippen molar-refractivity contribution >= 4 is 23.2 Å². The third-order valence-corrected chi connectivity index (χ3v) is 6.52. The molecule has 1 aliphatic heterocycles. The maximum absolute atomic E-state index is 13.1. The summed E-state index contributed by atoms with van der Waals surface area (Å²) >= 11 is 1.37. The zero-order valence-corrected chi connectivity index (χ0v) is 18.7. The number of alkyl halides is 3. The molecule has 1 amide bonds. The Balaban J connectivity index is 1.26. The second kappa shape index (κ2) is 9.92. The van der Waals surface area contributed by atoms with Crippen molar-refractivity contribution in [3.63, 3.8) is 0 Å². The van der Waals surface area contributed by atoms with Crippen molar-refractivity contribution < 1.29 is 31.9 Å². The summed E-state index contributed by atoms with van der Waals surface area (Å²) in [7, 11) is 0. The predicted octanol–water partition coefficient (Wildman–Crippen LogP) is 5.56. The smallest absolute Gasteiger partial charge is 0.416 e. The van der Waals surface area contributed by atoms with Gasteiger partial charge < -0.3 is 9.64 Å². The number of benzene rings is 2. The first-order valence-electron chi connectivity index (χ1n) is 10.5. The number of likely N-dealkylation sites (tertiary alicyclic amines) is 1. The van der Waals surface area contributed by atoms with Gasteiger partial charge in [-0.05, 0) is 61.4 Å². The van der Waals surface area contributed by atoms with E-state index in [1.54, 1.807) is 17.5 Å². The van der Waals surface area contributed by atoms with E-state index in [4.69, 9.17) is 4.74 Å². The minimum atomic E-state index is -4.46. The van der Waals surface area contributed by atoms with E-state index in [2.05, 4.69) is 4.98 Å². The van der Waals surface area contributed by atoms with Gasteiger partial charge in [-0.25, -0.2) is 9.37 Å². The van der Waals surface area contributed by atoms with Crippen LogP contribution in [0.2, 0.25) is 0 Å². The predicted molar refractivity (Wildman–Crippen MR) is 117 cm³/mol. The SMILES string of the molecule is O=C(OCc1csc(-c2ccc(F)cc2)n1)C1CCN(C(=O)c2ccc(C(F)(F)F)cc2)CC1. The number of carbonyl (C=O) groups is 2. The summed E-state index contributed by atoms with van der Waals surface area (Å²) in [6, 6.07) is 10.1. The van der Waals surface area contributed by atoms with Gasteiger partial charge in [0.15, 0.2) is 0 Å². The molecule has 1 aliphatic rings. The molecule has 0 unspecified atom stereocenters. The molecule has 1 saturated heterocycles. The average molecular weight is 492 g/mol. The van der Waals surface area contributed by atoms with Crippen LogP contribution in [-0.4, -0.2) is 34.8 Å². The van der Waals surface area contributed by atoms with Crippen LogP contribution in [0.1, 0.15) is 34.5 Å². The van der Waals surface area contributed by atoms with E-state index in [1.165, 1.54) is 40.5 Å². The van der Waals surface area contributed by atoms with Gasteiger partial charge >= 0.3 is 12.1 Å². The van der Waals surface area contributed by atoms with Gasteiger partial charge in [-0.15, -0.1) is 11.3 Å². The summed E-state index contributed by atoms with van der Waals surface area (Å²) in [6.45, 7) is 0.636. The maximum Gasteiger partial charge on any atom is 0.416 e. The van der Waals surface area contributed by atoms with Crippen LogP contribution < -0.4 is 0 Å². The van der Waals surface area contributed by atoms with Crippen LogP contribution in [0, 0.1) is 11.7 Å². The third kappa shape index (κ3) is 5.61. The van der Waals surface area contributed by atoms with E-state index < -0.39 is 11.7 Å². The number of hydrogen-bond acceptors (Lipinski definition) is 5. The van der Waals surface area contributed by atoms with Crippen LogP contribution in [0.5, 0.6) is 0 Å². The van der Waals surface area contributed by atoms with E-state index >= 15 is 0 Å². The Hall–Kier alpha value is -3.27. The Bertz CT molecular complexity index is 1150. The fourth-order valence-corrected chi connectivity index (χ4v) is 4.47. The number of amides is 1. The van der Waals surface area contributed by atoms with E-state index in [1.807, 2.05) is 0 Å². The highest BCUT2D eigenvalue weighted by molar-refractivity contribution is 7.13. The van der Waals surface area contributed by atoms with Gasteiger partial charge in [0.25, 0.3) is 5.91 Å². The topological polar surface area (TPSA) is 59.5 Å². The molecular formula is C24H20F4N2O3S. The molecule has 2 aromatic carbocycles. The molecule has 1 fully saturated rings. The summed E-state index contributed by atoms with van der Waals surface area (Å²) in [6.07, 6.45) is -3.65. The largest absolute Gasteiger partial charge is 0.459 e. The van der Waals surface area contributed by atoms with Gasteiger partial charge in [0.05, 0.1) is 17.2 Å². The zero-order chi connectivity index (χ0) is 24.3. The van der Waals surface area contributed by atoms with Gasteiger partial charge in [-0.1, -0.05) is 0 Å². The lowest BCUT2D eigenvalue weighted by Gasteiger charge is -2.31. The molecule has 0 saturated carbocycles. The number of nitrogens with zero attached hydrogens (tertiary/aromatic N) is 2. The number of hydrogen-bond donors (Lipinski definition) is 0. The number of halogens is 4. The number of thiazole rings is 1. The van der Waals surface area contributed by atoms with E-state index in [9.17, 15) is 27.2 Å². The fraction of sp³-hybridized carbons (Fsp3) is 0.292. The third-order valence-electron chi connectivity index (χ3n) is 5.58. The first-order valence-corrected chi connectivity index (χ1v) is 11.4. The standard InChI is InChI=1S/C24H20F4N2O3S/c25-19-7-3-15(4-8-19)21-29-20(14-34-21)13-33-23(32)17-9-11-30(12-10-17)22(31)16-1-5-18(6-2-16)24(26,27)28/h1-8,14,17H,9-13H2. The lowest BCUT2D eigenvalue weighted by Crippen LogP contribution is -2.40. The normalized spacial score (nSPS) is 14.8. The maximum atomic E-state index is 13.1. The number of piperidine rings is 1. The number of ether oxygens (including phenoxy) is 1. The Morgan fingerprint density at radius 2 is 1.68 bits per heavy atom. The highest BCUT2D eigenvalue weighted by Gasteiger charge is 2.32. The number of aromatic nitrogens is 1. The summed E-state index contributed by atoms with van der Waals surface area (Å²) in [5.41, 5.74) is 0.728. The van der Waals surface area contributed by atoms with Crippen LogP contribution in [0.15, 0.2) is 53.9 Å². The van der Waals surface area contributed by atoms with E-state index in [0.717, 1.165) is 17.7 Å². The van der Waals surface area contributed by atoms with Crippen molar-refractivity contribution in [2.45, 2.75) is 25.6 Å². The van der Waals surface area contributed by atoms with Crippen molar-refractivity contribution in [3.8, 4) is 10.6 Å². The molecule has 2 heterocycles. The highest BCUT2D eigenvalue weighted by atomic mass is 32.1. The first kappa shape index (κ1) is 23.9. The van der Waals surface area contributed by atoms with Gasteiger partial charge in [-0.2, -0.15) is 13.2 Å². The van der Waals surface area contributed by atoms with Gasteiger partial charge in [-0.3, -0.25) is 9.59 Å². The van der Waals surface area contributed by atoms with Crippen LogP contribution in [0.25, 0.3) is 10.6 Å². The Kier molecular flexibility index (Phi) is 6.97. The van der Waals surface area contributed by atoms with E-state index in [-0.39, 0.29) is 35.8 Å². The van der Waals surface area contributed by atoms with Gasteiger partial charge in [0.2, 0.25) is 0 Å². The second-order valence-corrected chi connectivity index (χ2v) is 8.76. The van der Waals surface area contributed by atoms with Crippen molar-refractivity contribution in [3.05, 3.63) is 76.5 Å². The molecular weight excluding hydrogens is 472 g/mol. The minimum absolute atomic E-state index is 0.0151. The molecule has 10 heteroatoms. The molecule has 5 nitrogen and oxygen atoms in total. The van der Waals surface area contributed by atoms with Crippen molar-refractivity contribution in [2.75, 3.05) is 13.1 Å². The molecule has 3 aromatic rings. The van der Waals surface area contributed by atoms with Crippen LogP contribution in [0.3, 0.4) is 0 Å². The Morgan fingerprint density at radius 3 is 2.29 bits per heavy atom. The van der Waals surface area contributed by atoms with Crippen molar-refractivity contribution in [1.82, 2.24) is 9.88 Å². The summed E-state index contributed by atoms with van der Waals surface area (Å²) in [5, 5.41) is 2.47. The Morgan fingerprint density at radius 1 is 1.03 bits per heavy atom. The van der Waals surface area contributed by atoms with Crippen LogP contribution in [-0.2, 0) is 22.3 Å². The molecule has 0 atom stereocenters. The fourth-order valence-electron chi connectivity index (χ4n) is 3.66. The molecule has 1 aromatic heterocycles. The number of carbonyl (C=O) groups excluding carboxylic acids is 2. The van der Waals surface area contributed by atoms with E-state index in [0.29, 0.717) is 36.6 Å². The summed E-state index contributed by atoms with van der Waals surface area (Å²) < 4.78 is 56.6. The molecule has 34 heavy (non-hydrogen) atoms. The molecule has 0 bridgehead atoms. The monoisotopic (exact) mass is 492 g/mol. The zero-order valence-electron chi connectivity index (χ0n) is 17.8. The molecule has 0 aliphatic carbocycles. The van der Waals surface area contributed by atoms with Crippen molar-refractivity contribution in [2.24, 2.45) is 5.92 Å². The van der Waals surface area contributed by atoms with Crippen LogP contribution >= 0.6 is 11.3 Å². The molecule has 0 spiro atoms. The Labute approximate surface area is 197 Å². The molecule has 4 rings (SSSR count). The quantitative estimate of drug-likeness (QED) is 0.346. The van der Waals surface area contributed by atoms with Crippen molar-refractivity contribution in [1.29, 1.82) is 0 Å². The number of rotatable bonds is 5. The van der Waals surface area contributed by atoms with Gasteiger partial charge in [0.1, 0.15) is 17.4 Å². The highest BCUT2D eigenvalue weighted by Crippen LogP contribution is 2.30. The number of esters is 1. The molecule has 0 N–H and O–H groups in total. The summed E-state index contributed by atoms with van der Waals surface area (Å²) in [5.74, 6) is -1.44. The summed E-state index contributed by atoms with van der Waals surface area (Å²) in [4.78, 5) is 31.0. The lowest BCUT2D eigenvalue weighted by molar-refractivity contribution is -0.151. The minimum Gasteiger partial charge on any atom is -0.459 e. The second-order valence-electron chi connectivity index (χ2n) is 7.90. The lowest BCUT2D eigenvalue weighted by atomic mass is 9.96. The molecule has 178 valence electrons. The van der Waals surface area contributed by atoms with Crippen LogP contribution in [0.4, 0.5) is 17.6 Å². The first-order chi connectivity index (χ1) is 16.2. The molecule has 0 radical (unpaired) electrons. The average Bonchev–Trinajstić information content (AvgIpc) is 3.31. The van der Waals surface area contributed by atoms with Gasteiger partial charge in [0, 0.05) is 29.6 Å².